The lowest BCUT2D eigenvalue weighted by Gasteiger charge is -2.28. The van der Waals surface area contributed by atoms with Gasteiger partial charge in [0.05, 0.1) is 42.7 Å². The van der Waals surface area contributed by atoms with Gasteiger partial charge in [0.25, 0.3) is 5.91 Å². The molecule has 2 aliphatic rings. The van der Waals surface area contributed by atoms with Crippen molar-refractivity contribution in [3.63, 3.8) is 0 Å². The Morgan fingerprint density at radius 2 is 2.15 bits per heavy atom. The van der Waals surface area contributed by atoms with Crippen LogP contribution in [0, 0.1) is 0 Å². The summed E-state index contributed by atoms with van der Waals surface area (Å²) in [7, 11) is 0. The Morgan fingerprint density at radius 1 is 1.35 bits per heavy atom. The Balaban J connectivity index is 1.69. The molecule has 2 fully saturated rings. The summed E-state index contributed by atoms with van der Waals surface area (Å²) < 4.78 is 10.5. The highest BCUT2D eigenvalue weighted by atomic mass is 32.1. The number of carbonyl (C=O) groups excluding carboxylic acids is 1. The molecule has 0 saturated carbocycles. The average molecular weight is 376 g/mol. The molecule has 2 N–H and O–H groups in total. The average Bonchev–Trinajstić information content (AvgIpc) is 3.07. The van der Waals surface area contributed by atoms with Gasteiger partial charge in [0.2, 0.25) is 5.95 Å². The number of carbonyl (C=O) groups is 1. The number of ether oxygens (including phenoxy) is 2. The van der Waals surface area contributed by atoms with Gasteiger partial charge in [-0.1, -0.05) is 0 Å². The highest BCUT2D eigenvalue weighted by Crippen LogP contribution is 2.32. The SMILES string of the molecule is C/C=N/Nc1nc(N2CCOCC2)c2cc(C(=O)NC3COC3)sc2n1. The number of morpholine rings is 1. The summed E-state index contributed by atoms with van der Waals surface area (Å²) in [5.74, 6) is 1.11. The molecule has 2 saturated heterocycles. The smallest absolute Gasteiger partial charge is 0.261 e. The normalized spacial score (nSPS) is 18.3. The topological polar surface area (TPSA) is 101 Å². The number of aromatic nitrogens is 2. The van der Waals surface area contributed by atoms with E-state index < -0.39 is 0 Å². The summed E-state index contributed by atoms with van der Waals surface area (Å²) >= 11 is 1.35. The second-order valence-corrected chi connectivity index (χ2v) is 7.04. The molecule has 138 valence electrons. The van der Waals surface area contributed by atoms with E-state index in [1.54, 1.807) is 6.21 Å². The molecule has 0 spiro atoms. The molecular weight excluding hydrogens is 356 g/mol. The molecule has 4 rings (SSSR count). The first-order valence-corrected chi connectivity index (χ1v) is 9.33. The summed E-state index contributed by atoms with van der Waals surface area (Å²) in [4.78, 5) is 25.1. The van der Waals surface area contributed by atoms with Gasteiger partial charge in [-0.3, -0.25) is 4.79 Å². The van der Waals surface area contributed by atoms with Crippen molar-refractivity contribution in [3.05, 3.63) is 10.9 Å². The van der Waals surface area contributed by atoms with Crippen molar-refractivity contribution in [3.8, 4) is 0 Å². The number of hydrogen-bond donors (Lipinski definition) is 2. The van der Waals surface area contributed by atoms with E-state index in [-0.39, 0.29) is 11.9 Å². The minimum absolute atomic E-state index is 0.0913. The van der Waals surface area contributed by atoms with Crippen molar-refractivity contribution in [1.82, 2.24) is 15.3 Å². The maximum atomic E-state index is 12.5. The predicted molar refractivity (Wildman–Crippen MR) is 100 cm³/mol. The fraction of sp³-hybridized carbons (Fsp3) is 0.500. The molecule has 2 aromatic heterocycles. The van der Waals surface area contributed by atoms with Crippen LogP contribution in [-0.4, -0.2) is 67.6 Å². The van der Waals surface area contributed by atoms with Crippen LogP contribution in [-0.2, 0) is 9.47 Å². The van der Waals surface area contributed by atoms with E-state index >= 15 is 0 Å². The quantitative estimate of drug-likeness (QED) is 0.595. The van der Waals surface area contributed by atoms with Crippen molar-refractivity contribution in [1.29, 1.82) is 0 Å². The van der Waals surface area contributed by atoms with Crippen LogP contribution in [0.2, 0.25) is 0 Å². The number of amides is 1. The van der Waals surface area contributed by atoms with E-state index in [0.717, 1.165) is 29.1 Å². The number of rotatable bonds is 5. The number of nitrogens with zero attached hydrogens (tertiary/aromatic N) is 4. The predicted octanol–water partition coefficient (Wildman–Crippen LogP) is 1.07. The molecule has 1 amide bonds. The van der Waals surface area contributed by atoms with Crippen molar-refractivity contribution < 1.29 is 14.3 Å². The van der Waals surface area contributed by atoms with Crippen LogP contribution in [0.1, 0.15) is 16.6 Å². The number of anilines is 2. The second-order valence-electron chi connectivity index (χ2n) is 6.01. The van der Waals surface area contributed by atoms with Crippen LogP contribution in [0.25, 0.3) is 10.2 Å². The number of hydrazone groups is 1. The van der Waals surface area contributed by atoms with E-state index in [1.165, 1.54) is 11.3 Å². The fourth-order valence-electron chi connectivity index (χ4n) is 2.78. The number of fused-ring (bicyclic) bond motifs is 1. The minimum Gasteiger partial charge on any atom is -0.378 e. The third kappa shape index (κ3) is 3.48. The summed E-state index contributed by atoms with van der Waals surface area (Å²) in [6, 6.07) is 1.96. The van der Waals surface area contributed by atoms with Gasteiger partial charge in [-0.05, 0) is 13.0 Å². The van der Waals surface area contributed by atoms with Gasteiger partial charge in [-0.2, -0.15) is 10.1 Å². The first-order chi connectivity index (χ1) is 12.7. The maximum absolute atomic E-state index is 12.5. The van der Waals surface area contributed by atoms with Crippen molar-refractivity contribution in [2.24, 2.45) is 5.10 Å². The van der Waals surface area contributed by atoms with Crippen LogP contribution in [0.3, 0.4) is 0 Å². The monoisotopic (exact) mass is 376 g/mol. The first kappa shape index (κ1) is 17.1. The highest BCUT2D eigenvalue weighted by molar-refractivity contribution is 7.20. The summed E-state index contributed by atoms with van der Waals surface area (Å²) in [5, 5.41) is 7.84. The van der Waals surface area contributed by atoms with Crippen molar-refractivity contribution in [2.45, 2.75) is 13.0 Å². The number of nitrogens with one attached hydrogen (secondary N) is 2. The largest absolute Gasteiger partial charge is 0.378 e. The molecular formula is C16H20N6O3S. The molecule has 2 aromatic rings. The van der Waals surface area contributed by atoms with Crippen LogP contribution in [0.5, 0.6) is 0 Å². The summed E-state index contributed by atoms with van der Waals surface area (Å²) in [5.41, 5.74) is 2.83. The van der Waals surface area contributed by atoms with Gasteiger partial charge in [0.1, 0.15) is 10.6 Å². The lowest BCUT2D eigenvalue weighted by molar-refractivity contribution is -0.00338. The lowest BCUT2D eigenvalue weighted by Crippen LogP contribution is -2.48. The molecule has 0 aliphatic carbocycles. The van der Waals surface area contributed by atoms with Crippen LogP contribution < -0.4 is 15.6 Å². The van der Waals surface area contributed by atoms with E-state index in [4.69, 9.17) is 9.47 Å². The summed E-state index contributed by atoms with van der Waals surface area (Å²) in [6.45, 7) is 5.75. The van der Waals surface area contributed by atoms with Crippen LogP contribution in [0.4, 0.5) is 11.8 Å². The first-order valence-electron chi connectivity index (χ1n) is 8.51. The van der Waals surface area contributed by atoms with Gasteiger partial charge in [0.15, 0.2) is 0 Å². The number of thiophene rings is 1. The standard InChI is InChI=1S/C16H20N6O3S/c1-2-17-21-16-19-13(22-3-5-24-6-4-22)11-7-12(26-15(11)20-16)14(23)18-10-8-25-9-10/h2,7,10H,3-6,8-9H2,1H3,(H,18,23)(H,19,20,21)/b17-2+. The Labute approximate surface area is 154 Å². The van der Waals surface area contributed by atoms with Gasteiger partial charge < -0.3 is 19.7 Å². The molecule has 4 heterocycles. The zero-order chi connectivity index (χ0) is 17.9. The Morgan fingerprint density at radius 3 is 2.85 bits per heavy atom. The van der Waals surface area contributed by atoms with Crippen LogP contribution >= 0.6 is 11.3 Å². The third-order valence-electron chi connectivity index (χ3n) is 4.17. The van der Waals surface area contributed by atoms with Crippen molar-refractivity contribution in [2.75, 3.05) is 49.8 Å². The lowest BCUT2D eigenvalue weighted by atomic mass is 10.2. The van der Waals surface area contributed by atoms with E-state index in [9.17, 15) is 4.79 Å². The molecule has 0 aromatic carbocycles. The van der Waals surface area contributed by atoms with Gasteiger partial charge >= 0.3 is 0 Å². The van der Waals surface area contributed by atoms with Gasteiger partial charge in [0, 0.05) is 19.3 Å². The second kappa shape index (κ2) is 7.52. The van der Waals surface area contributed by atoms with E-state index in [1.807, 2.05) is 13.0 Å². The van der Waals surface area contributed by atoms with Gasteiger partial charge in [-0.15, -0.1) is 11.3 Å². The Kier molecular flexibility index (Phi) is 4.96. The van der Waals surface area contributed by atoms with Crippen LogP contribution in [0.15, 0.2) is 11.2 Å². The zero-order valence-electron chi connectivity index (χ0n) is 14.4. The highest BCUT2D eigenvalue weighted by Gasteiger charge is 2.24. The van der Waals surface area contributed by atoms with Gasteiger partial charge in [-0.25, -0.2) is 10.4 Å². The van der Waals surface area contributed by atoms with Crippen molar-refractivity contribution >= 4 is 45.4 Å². The third-order valence-corrected chi connectivity index (χ3v) is 5.20. The maximum Gasteiger partial charge on any atom is 0.261 e. The van der Waals surface area contributed by atoms with E-state index in [2.05, 4.69) is 30.7 Å². The molecule has 10 heteroatoms. The molecule has 9 nitrogen and oxygen atoms in total. The summed E-state index contributed by atoms with van der Waals surface area (Å²) in [6.07, 6.45) is 1.63. The molecule has 2 aliphatic heterocycles. The minimum atomic E-state index is -0.102. The zero-order valence-corrected chi connectivity index (χ0v) is 15.2. The van der Waals surface area contributed by atoms with E-state index in [0.29, 0.717) is 37.3 Å². The molecule has 0 atom stereocenters. The number of hydrogen-bond acceptors (Lipinski definition) is 9. The molecule has 0 bridgehead atoms. The Hall–Kier alpha value is -2.30. The Bertz CT molecular complexity index is 829. The molecule has 0 radical (unpaired) electrons. The molecule has 26 heavy (non-hydrogen) atoms. The molecule has 0 unspecified atom stereocenters. The fourth-order valence-corrected chi connectivity index (χ4v) is 3.71.